The van der Waals surface area contributed by atoms with E-state index in [1.807, 2.05) is 27.9 Å². The second kappa shape index (κ2) is 49.2. The van der Waals surface area contributed by atoms with E-state index in [1.54, 1.807) is 7.05 Å². The molecule has 0 aliphatic rings. The number of ether oxygens (including phenoxy) is 2. The molecule has 0 saturated carbocycles. The summed E-state index contributed by atoms with van der Waals surface area (Å²) >= 11 is 0. The molecular formula is C54H105N3O6. The van der Waals surface area contributed by atoms with Crippen molar-refractivity contribution >= 4 is 23.6 Å². The minimum atomic E-state index is -0.440. The van der Waals surface area contributed by atoms with Crippen LogP contribution in [0, 0.1) is 0 Å². The van der Waals surface area contributed by atoms with Gasteiger partial charge in [-0.05, 0) is 84.3 Å². The molecule has 372 valence electrons. The highest BCUT2D eigenvalue weighted by Gasteiger charge is 2.19. The number of anilines is 2. The molecule has 0 heterocycles. The van der Waals surface area contributed by atoms with Crippen LogP contribution in [-0.2, 0) is 19.1 Å². The number of hydrogen-bond donors (Lipinski definition) is 2. The Morgan fingerprint density at radius 1 is 0.571 bits per heavy atom. The van der Waals surface area contributed by atoms with Gasteiger partial charge in [0.1, 0.15) is 17.7 Å². The average molecular weight is 892 g/mol. The first-order chi connectivity index (χ1) is 30.8. The number of aldehydes is 1. The number of hydrogen-bond acceptors (Lipinski definition) is 9. The minimum absolute atomic E-state index is 0.0278. The molecule has 1 unspecified atom stereocenters. The largest absolute Gasteiger partial charge is 0.463 e. The maximum absolute atomic E-state index is 12.2. The van der Waals surface area contributed by atoms with E-state index < -0.39 is 10.9 Å². The summed E-state index contributed by atoms with van der Waals surface area (Å²) < 4.78 is 11.2. The van der Waals surface area contributed by atoms with Gasteiger partial charge >= 0.3 is 5.97 Å². The van der Waals surface area contributed by atoms with Crippen molar-refractivity contribution in [3.8, 4) is 0 Å². The molecule has 9 heteroatoms. The van der Waals surface area contributed by atoms with Crippen LogP contribution in [0.3, 0.4) is 0 Å². The van der Waals surface area contributed by atoms with Crippen LogP contribution in [0.1, 0.15) is 260 Å². The number of unbranched alkanes of at least 4 members (excludes halogenated alkanes) is 24. The van der Waals surface area contributed by atoms with Gasteiger partial charge in [-0.25, -0.2) is 0 Å². The van der Waals surface area contributed by atoms with E-state index in [0.717, 1.165) is 96.5 Å². The Bertz CT molecular complexity index is 1170. The van der Waals surface area contributed by atoms with E-state index >= 15 is 0 Å². The summed E-state index contributed by atoms with van der Waals surface area (Å²) in [4.78, 5) is 48.5. The number of carbonyl (C=O) groups is 2. The first-order valence-corrected chi connectivity index (χ1v) is 26.9. The summed E-state index contributed by atoms with van der Waals surface area (Å²) in [5.74, 6) is -0.0509. The fourth-order valence-corrected chi connectivity index (χ4v) is 8.12. The Labute approximate surface area is 389 Å². The van der Waals surface area contributed by atoms with Crippen LogP contribution in [0.2, 0.25) is 0 Å². The highest BCUT2D eigenvalue weighted by atomic mass is 16.5. The Kier molecular flexibility index (Phi) is 49.0. The standard InChI is InChI=1S/C34H61N3O5.C18H38O.C2H6/c1-4-5-6-7-11-16-22-29(2)42-30(39)23-17-12-10-14-19-26-37(25-18-13-8-9-15-20-28-38)27-21-24-36-32-31(35-3)33(40)34(32)41;1-4-6-8-10-12-14-16-18(19-3)17-15-13-11-9-7-5-2;1-2/h28-29,35-36H,4-27H2,1-3H3;18H,4-17H2,1-3H3;1-2H3. The predicted octanol–water partition coefficient (Wildman–Crippen LogP) is 14.5. The molecule has 0 saturated heterocycles. The molecule has 1 rings (SSSR count). The number of esters is 1. The zero-order valence-electron chi connectivity index (χ0n) is 43.0. The lowest BCUT2D eigenvalue weighted by Crippen LogP contribution is -2.37. The van der Waals surface area contributed by atoms with Crippen molar-refractivity contribution in [3.05, 3.63) is 20.4 Å². The molecule has 0 spiro atoms. The van der Waals surface area contributed by atoms with Crippen molar-refractivity contribution in [1.82, 2.24) is 4.90 Å². The van der Waals surface area contributed by atoms with Gasteiger partial charge in [0.25, 0.3) is 10.9 Å². The summed E-state index contributed by atoms with van der Waals surface area (Å²) in [5.41, 5.74) is -0.0608. The summed E-state index contributed by atoms with van der Waals surface area (Å²) in [5, 5.41) is 5.94. The maximum atomic E-state index is 12.2. The topological polar surface area (TPSA) is 114 Å². The van der Waals surface area contributed by atoms with Crippen LogP contribution in [0.15, 0.2) is 9.59 Å². The van der Waals surface area contributed by atoms with Crippen molar-refractivity contribution in [1.29, 1.82) is 0 Å². The maximum Gasteiger partial charge on any atom is 0.306 e. The molecule has 1 atom stereocenters. The van der Waals surface area contributed by atoms with Gasteiger partial charge in [0.05, 0.1) is 12.2 Å². The Morgan fingerprint density at radius 3 is 1.46 bits per heavy atom. The molecule has 0 amide bonds. The number of rotatable bonds is 45. The van der Waals surface area contributed by atoms with Gasteiger partial charge in [-0.1, -0.05) is 182 Å². The summed E-state index contributed by atoms with van der Waals surface area (Å²) in [6.45, 7) is 16.5. The van der Waals surface area contributed by atoms with E-state index in [4.69, 9.17) is 9.47 Å². The van der Waals surface area contributed by atoms with Gasteiger partial charge < -0.3 is 29.8 Å². The molecule has 0 aliphatic carbocycles. The molecule has 0 aromatic heterocycles. The third kappa shape index (κ3) is 38.7. The van der Waals surface area contributed by atoms with Crippen LogP contribution < -0.4 is 21.5 Å². The van der Waals surface area contributed by atoms with E-state index in [2.05, 4.69) is 36.3 Å². The van der Waals surface area contributed by atoms with Crippen molar-refractivity contribution in [3.63, 3.8) is 0 Å². The van der Waals surface area contributed by atoms with Crippen molar-refractivity contribution in [2.45, 2.75) is 272 Å². The molecular weight excluding hydrogens is 787 g/mol. The summed E-state index contributed by atoms with van der Waals surface area (Å²) in [7, 11) is 3.55. The highest BCUT2D eigenvalue weighted by molar-refractivity contribution is 5.73. The van der Waals surface area contributed by atoms with Crippen LogP contribution >= 0.6 is 0 Å². The number of nitrogens with zero attached hydrogens (tertiary/aromatic N) is 1. The molecule has 0 fully saturated rings. The van der Waals surface area contributed by atoms with Crippen LogP contribution in [0.4, 0.5) is 11.4 Å². The van der Waals surface area contributed by atoms with Crippen molar-refractivity contribution in [2.24, 2.45) is 0 Å². The van der Waals surface area contributed by atoms with Gasteiger partial charge in [0.15, 0.2) is 0 Å². The van der Waals surface area contributed by atoms with Gasteiger partial charge in [-0.15, -0.1) is 0 Å². The average Bonchev–Trinajstić information content (AvgIpc) is 3.29. The van der Waals surface area contributed by atoms with Gasteiger partial charge in [0.2, 0.25) is 0 Å². The van der Waals surface area contributed by atoms with E-state index in [-0.39, 0.29) is 12.1 Å². The SMILES string of the molecule is CC.CCCCCCCCC(C)OC(=O)CCCCCCCN(CCCCCCCC=O)CCCNc1c(NC)c(=O)c1=O.CCCCCCCCC(CCCCCCCC)OC. The van der Waals surface area contributed by atoms with Crippen LogP contribution in [-0.4, -0.2) is 69.7 Å². The smallest absolute Gasteiger partial charge is 0.306 e. The van der Waals surface area contributed by atoms with Gasteiger partial charge in [0, 0.05) is 33.5 Å². The monoisotopic (exact) mass is 892 g/mol. The Hall–Kier alpha value is -2.26. The van der Waals surface area contributed by atoms with Crippen LogP contribution in [0.25, 0.3) is 0 Å². The quantitative estimate of drug-likeness (QED) is 0.0286. The van der Waals surface area contributed by atoms with Crippen molar-refractivity contribution < 1.29 is 19.1 Å². The van der Waals surface area contributed by atoms with Gasteiger partial charge in [-0.2, -0.15) is 0 Å². The second-order valence-corrected chi connectivity index (χ2v) is 17.8. The molecule has 0 radical (unpaired) electrons. The molecule has 0 aliphatic heterocycles. The summed E-state index contributed by atoms with van der Waals surface area (Å²) in [6, 6.07) is 0. The first-order valence-electron chi connectivity index (χ1n) is 26.9. The van der Waals surface area contributed by atoms with Crippen molar-refractivity contribution in [2.75, 3.05) is 51.0 Å². The molecule has 2 N–H and O–H groups in total. The van der Waals surface area contributed by atoms with Gasteiger partial charge in [-0.3, -0.25) is 14.4 Å². The van der Waals surface area contributed by atoms with E-state index in [9.17, 15) is 19.2 Å². The molecule has 1 aromatic carbocycles. The Balaban J connectivity index is 0. The number of methoxy groups -OCH3 is 1. The molecule has 1 aromatic rings. The fourth-order valence-electron chi connectivity index (χ4n) is 8.12. The predicted molar refractivity (Wildman–Crippen MR) is 274 cm³/mol. The molecule has 63 heavy (non-hydrogen) atoms. The fraction of sp³-hybridized carbons (Fsp3) is 0.889. The molecule has 9 nitrogen and oxygen atoms in total. The van der Waals surface area contributed by atoms with Crippen LogP contribution in [0.5, 0.6) is 0 Å². The number of nitrogens with one attached hydrogen (secondary N) is 2. The van der Waals surface area contributed by atoms with E-state index in [0.29, 0.717) is 36.9 Å². The zero-order valence-corrected chi connectivity index (χ0v) is 43.0. The first kappa shape index (κ1) is 62.8. The van der Waals surface area contributed by atoms with E-state index in [1.165, 1.54) is 135 Å². The summed E-state index contributed by atoms with van der Waals surface area (Å²) in [6.07, 6.45) is 42.4. The lowest BCUT2D eigenvalue weighted by molar-refractivity contribution is -0.148. The lowest BCUT2D eigenvalue weighted by atomic mass is 10.0. The third-order valence-electron chi connectivity index (χ3n) is 12.2. The highest BCUT2D eigenvalue weighted by Crippen LogP contribution is 2.17. The second-order valence-electron chi connectivity index (χ2n) is 17.8. The lowest BCUT2D eigenvalue weighted by Gasteiger charge is -2.23. The minimum Gasteiger partial charge on any atom is -0.463 e. The normalized spacial score (nSPS) is 11.6. The Morgan fingerprint density at radius 2 is 0.984 bits per heavy atom. The third-order valence-corrected chi connectivity index (χ3v) is 12.2. The molecule has 0 bridgehead atoms. The zero-order chi connectivity index (χ0) is 47.0. The number of carbonyl (C=O) groups excluding carboxylic acids is 2.